The van der Waals surface area contributed by atoms with Gasteiger partial charge in [-0.3, -0.25) is 0 Å². The molecule has 1 rings (SSSR count). The summed E-state index contributed by atoms with van der Waals surface area (Å²) in [6.07, 6.45) is 0. The van der Waals surface area contributed by atoms with Crippen molar-refractivity contribution in [3.8, 4) is 5.75 Å². The average Bonchev–Trinajstić information content (AvgIpc) is 2.25. The highest BCUT2D eigenvalue weighted by molar-refractivity contribution is 5.29. The number of nitrogens with zero attached hydrogens (tertiary/aromatic N) is 1. The number of likely N-dealkylation sites (N-methyl/N-ethyl adjacent to an activating group) is 1. The number of nitrogens with one attached hydrogen (secondary N) is 1. The van der Waals surface area contributed by atoms with Gasteiger partial charge < -0.3 is 15.3 Å². The molecule has 0 fully saturated rings. The standard InChI is InChI=1S/C14H23FN2O/c1-10(16-9-14(2,3)17(4)5)12-7-6-11(18)8-13(12)15/h6-8,10,16,18H,9H2,1-5H3. The van der Waals surface area contributed by atoms with Crippen molar-refractivity contribution < 1.29 is 9.50 Å². The minimum atomic E-state index is -0.377. The average molecular weight is 254 g/mol. The van der Waals surface area contributed by atoms with Crippen LogP contribution in [-0.2, 0) is 0 Å². The van der Waals surface area contributed by atoms with E-state index >= 15 is 0 Å². The summed E-state index contributed by atoms with van der Waals surface area (Å²) in [5, 5.41) is 12.5. The van der Waals surface area contributed by atoms with Crippen molar-refractivity contribution in [3.05, 3.63) is 29.6 Å². The van der Waals surface area contributed by atoms with E-state index in [9.17, 15) is 9.50 Å². The summed E-state index contributed by atoms with van der Waals surface area (Å²) in [4.78, 5) is 2.12. The zero-order valence-corrected chi connectivity index (χ0v) is 11.8. The largest absolute Gasteiger partial charge is 0.508 e. The van der Waals surface area contributed by atoms with E-state index < -0.39 is 0 Å². The quantitative estimate of drug-likeness (QED) is 0.847. The van der Waals surface area contributed by atoms with Crippen LogP contribution in [0.5, 0.6) is 5.75 Å². The maximum Gasteiger partial charge on any atom is 0.131 e. The summed E-state index contributed by atoms with van der Waals surface area (Å²) in [5.41, 5.74) is 0.573. The zero-order valence-electron chi connectivity index (χ0n) is 11.8. The molecule has 1 atom stereocenters. The number of phenols is 1. The molecule has 0 radical (unpaired) electrons. The van der Waals surface area contributed by atoms with E-state index in [1.54, 1.807) is 6.07 Å². The van der Waals surface area contributed by atoms with Gasteiger partial charge >= 0.3 is 0 Å². The molecule has 1 aromatic rings. The first-order chi connectivity index (χ1) is 8.24. The predicted molar refractivity (Wildman–Crippen MR) is 72.2 cm³/mol. The zero-order chi connectivity index (χ0) is 13.9. The van der Waals surface area contributed by atoms with Gasteiger partial charge in [0.05, 0.1) is 0 Å². The monoisotopic (exact) mass is 254 g/mol. The maximum atomic E-state index is 13.7. The van der Waals surface area contributed by atoms with Crippen LogP contribution in [0.15, 0.2) is 18.2 Å². The van der Waals surface area contributed by atoms with Crippen LogP contribution in [0.1, 0.15) is 32.4 Å². The third-order valence-corrected chi connectivity index (χ3v) is 3.50. The smallest absolute Gasteiger partial charge is 0.131 e. The Labute approximate surface area is 109 Å². The second-order valence-corrected chi connectivity index (χ2v) is 5.52. The van der Waals surface area contributed by atoms with Crippen LogP contribution in [-0.4, -0.2) is 36.2 Å². The highest BCUT2D eigenvalue weighted by Crippen LogP contribution is 2.21. The highest BCUT2D eigenvalue weighted by Gasteiger charge is 2.21. The van der Waals surface area contributed by atoms with Crippen LogP contribution in [0.25, 0.3) is 0 Å². The van der Waals surface area contributed by atoms with E-state index in [-0.39, 0.29) is 23.1 Å². The van der Waals surface area contributed by atoms with Crippen LogP contribution in [0.4, 0.5) is 4.39 Å². The lowest BCUT2D eigenvalue weighted by Crippen LogP contribution is -2.47. The Morgan fingerprint density at radius 3 is 2.50 bits per heavy atom. The maximum absolute atomic E-state index is 13.7. The summed E-state index contributed by atoms with van der Waals surface area (Å²) in [6.45, 7) is 6.92. The van der Waals surface area contributed by atoms with Gasteiger partial charge in [0, 0.05) is 29.8 Å². The lowest BCUT2D eigenvalue weighted by Gasteiger charge is -2.34. The molecule has 0 bridgehead atoms. The molecular formula is C14H23FN2O. The molecule has 1 aromatic carbocycles. The first-order valence-corrected chi connectivity index (χ1v) is 6.13. The van der Waals surface area contributed by atoms with Crippen molar-refractivity contribution in [3.63, 3.8) is 0 Å². The van der Waals surface area contributed by atoms with Gasteiger partial charge in [-0.2, -0.15) is 0 Å². The van der Waals surface area contributed by atoms with Gasteiger partial charge in [0.2, 0.25) is 0 Å². The molecule has 0 saturated carbocycles. The van der Waals surface area contributed by atoms with Crippen LogP contribution in [0.2, 0.25) is 0 Å². The number of aromatic hydroxyl groups is 1. The minimum absolute atomic E-state index is 0.00164. The number of phenolic OH excluding ortho intramolecular Hbond substituents is 1. The Morgan fingerprint density at radius 1 is 1.39 bits per heavy atom. The summed E-state index contributed by atoms with van der Waals surface area (Å²) in [5.74, 6) is -0.422. The number of rotatable bonds is 5. The number of benzene rings is 1. The fourth-order valence-corrected chi connectivity index (χ4v) is 1.54. The molecule has 102 valence electrons. The second-order valence-electron chi connectivity index (χ2n) is 5.52. The van der Waals surface area contributed by atoms with Crippen molar-refractivity contribution in [1.82, 2.24) is 10.2 Å². The van der Waals surface area contributed by atoms with Crippen LogP contribution >= 0.6 is 0 Å². The molecule has 0 spiro atoms. The van der Waals surface area contributed by atoms with Gasteiger partial charge in [-0.25, -0.2) is 4.39 Å². The van der Waals surface area contributed by atoms with E-state index in [0.29, 0.717) is 5.56 Å². The number of hydrogen-bond donors (Lipinski definition) is 2. The third kappa shape index (κ3) is 3.68. The molecule has 4 heteroatoms. The van der Waals surface area contributed by atoms with Crippen molar-refractivity contribution in [1.29, 1.82) is 0 Å². The predicted octanol–water partition coefficient (Wildman–Crippen LogP) is 2.52. The van der Waals surface area contributed by atoms with Gasteiger partial charge in [0.1, 0.15) is 11.6 Å². The van der Waals surface area contributed by atoms with Gasteiger partial charge in [0.15, 0.2) is 0 Å². The Kier molecular flexibility index (Phi) is 4.71. The molecule has 0 aliphatic carbocycles. The molecule has 18 heavy (non-hydrogen) atoms. The normalized spacial score (nSPS) is 13.9. The van der Waals surface area contributed by atoms with E-state index in [2.05, 4.69) is 24.1 Å². The fraction of sp³-hybridized carbons (Fsp3) is 0.571. The van der Waals surface area contributed by atoms with Gasteiger partial charge in [-0.1, -0.05) is 6.07 Å². The Bertz CT molecular complexity index is 405. The lowest BCUT2D eigenvalue weighted by atomic mass is 10.0. The molecule has 3 nitrogen and oxygen atoms in total. The molecular weight excluding hydrogens is 231 g/mol. The first kappa shape index (κ1) is 14.9. The highest BCUT2D eigenvalue weighted by atomic mass is 19.1. The molecule has 0 heterocycles. The van der Waals surface area contributed by atoms with Crippen molar-refractivity contribution in [2.75, 3.05) is 20.6 Å². The first-order valence-electron chi connectivity index (χ1n) is 6.13. The van der Waals surface area contributed by atoms with E-state index in [4.69, 9.17) is 0 Å². The summed E-state index contributed by atoms with van der Waals surface area (Å²) in [7, 11) is 4.04. The van der Waals surface area contributed by atoms with E-state index in [1.165, 1.54) is 6.07 Å². The molecule has 2 N–H and O–H groups in total. The topological polar surface area (TPSA) is 35.5 Å². The van der Waals surface area contributed by atoms with Crippen molar-refractivity contribution in [2.45, 2.75) is 32.4 Å². The van der Waals surface area contributed by atoms with Crippen molar-refractivity contribution >= 4 is 0 Å². The van der Waals surface area contributed by atoms with Crippen molar-refractivity contribution in [2.24, 2.45) is 0 Å². The second kappa shape index (κ2) is 5.67. The summed E-state index contributed by atoms with van der Waals surface area (Å²) in [6, 6.07) is 4.17. The number of halogens is 1. The summed E-state index contributed by atoms with van der Waals surface area (Å²) >= 11 is 0. The Balaban J connectivity index is 2.69. The molecule has 0 aliphatic heterocycles. The third-order valence-electron chi connectivity index (χ3n) is 3.50. The van der Waals surface area contributed by atoms with Crippen LogP contribution in [0, 0.1) is 5.82 Å². The minimum Gasteiger partial charge on any atom is -0.508 e. The number of hydrogen-bond acceptors (Lipinski definition) is 3. The van der Waals surface area contributed by atoms with Crippen LogP contribution < -0.4 is 5.32 Å². The molecule has 0 aliphatic rings. The van der Waals surface area contributed by atoms with E-state index in [0.717, 1.165) is 12.6 Å². The van der Waals surface area contributed by atoms with Gasteiger partial charge in [0.25, 0.3) is 0 Å². The van der Waals surface area contributed by atoms with Gasteiger partial charge in [-0.15, -0.1) is 0 Å². The lowest BCUT2D eigenvalue weighted by molar-refractivity contribution is 0.185. The van der Waals surface area contributed by atoms with Crippen LogP contribution in [0.3, 0.4) is 0 Å². The Morgan fingerprint density at radius 2 is 2.00 bits per heavy atom. The Hall–Kier alpha value is -1.13. The molecule has 0 aromatic heterocycles. The fourth-order valence-electron chi connectivity index (χ4n) is 1.54. The molecule has 0 amide bonds. The summed E-state index contributed by atoms with van der Waals surface area (Å²) < 4.78 is 13.7. The van der Waals surface area contributed by atoms with Gasteiger partial charge in [-0.05, 0) is 40.9 Å². The SMILES string of the molecule is CC(NCC(C)(C)N(C)C)c1ccc(O)cc1F. The van der Waals surface area contributed by atoms with E-state index in [1.807, 2.05) is 21.0 Å². The molecule has 0 saturated heterocycles. The molecule has 1 unspecified atom stereocenters.